The van der Waals surface area contributed by atoms with E-state index < -0.39 is 0 Å². The lowest BCUT2D eigenvalue weighted by molar-refractivity contribution is 0.171. The average Bonchev–Trinajstić information content (AvgIpc) is 2.72. The molecule has 30 heavy (non-hydrogen) atoms. The van der Waals surface area contributed by atoms with Gasteiger partial charge in [0.1, 0.15) is 11.5 Å². The number of ether oxygens (including phenoxy) is 3. The molecule has 2 N–H and O–H groups in total. The number of guanidine groups is 1. The van der Waals surface area contributed by atoms with Gasteiger partial charge in [0.15, 0.2) is 5.96 Å². The van der Waals surface area contributed by atoms with Gasteiger partial charge in [-0.1, -0.05) is 24.3 Å². The first kappa shape index (κ1) is 26.0. The molecule has 2 aromatic carbocycles. The molecule has 2 rings (SSSR count). The van der Waals surface area contributed by atoms with Crippen molar-refractivity contribution in [1.82, 2.24) is 10.6 Å². The van der Waals surface area contributed by atoms with E-state index in [-0.39, 0.29) is 24.0 Å². The van der Waals surface area contributed by atoms with Gasteiger partial charge in [0.2, 0.25) is 0 Å². The van der Waals surface area contributed by atoms with Crippen molar-refractivity contribution in [2.24, 2.45) is 4.99 Å². The molecule has 0 radical (unpaired) electrons. The molecular weight excluding hydrogens is 493 g/mol. The first-order valence-corrected chi connectivity index (χ1v) is 9.86. The minimum absolute atomic E-state index is 0. The summed E-state index contributed by atoms with van der Waals surface area (Å²) in [4.78, 5) is 4.32. The van der Waals surface area contributed by atoms with Gasteiger partial charge >= 0.3 is 0 Å². The number of hydrogen-bond donors (Lipinski definition) is 2. The monoisotopic (exact) mass is 527 g/mol. The third kappa shape index (κ3) is 8.39. The Morgan fingerprint density at radius 1 is 0.933 bits per heavy atom. The van der Waals surface area contributed by atoms with Crippen molar-refractivity contribution in [1.29, 1.82) is 0 Å². The minimum atomic E-state index is 0. The van der Waals surface area contributed by atoms with Crippen LogP contribution in [-0.4, -0.2) is 40.4 Å². The van der Waals surface area contributed by atoms with Crippen LogP contribution >= 0.6 is 24.0 Å². The zero-order valence-electron chi connectivity index (χ0n) is 18.6. The molecule has 0 aliphatic carbocycles. The third-order valence-corrected chi connectivity index (χ3v) is 4.56. The highest BCUT2D eigenvalue weighted by molar-refractivity contribution is 14.0. The number of aliphatic imine (C=N–C) groups is 1. The zero-order chi connectivity index (χ0) is 21.1. The number of aryl methyl sites for hydroxylation is 2. The Balaban J connectivity index is 0.00000450. The van der Waals surface area contributed by atoms with Crippen LogP contribution in [0.3, 0.4) is 0 Å². The lowest BCUT2D eigenvalue weighted by Crippen LogP contribution is -2.36. The summed E-state index contributed by atoms with van der Waals surface area (Å²) in [5.74, 6) is 2.54. The third-order valence-electron chi connectivity index (χ3n) is 4.56. The van der Waals surface area contributed by atoms with E-state index in [4.69, 9.17) is 14.2 Å². The molecule has 0 amide bonds. The molecule has 0 aliphatic rings. The number of halogens is 1. The zero-order valence-corrected chi connectivity index (χ0v) is 20.9. The Morgan fingerprint density at radius 2 is 1.70 bits per heavy atom. The largest absolute Gasteiger partial charge is 0.496 e. The van der Waals surface area contributed by atoms with Gasteiger partial charge in [0.05, 0.1) is 13.7 Å². The quantitative estimate of drug-likeness (QED) is 0.210. The SMILES string of the molecule is CN=C(NCc1ccc(OC)c(C)c1)NCc1ccc(C)cc1OCCCOC.I. The molecule has 0 bridgehead atoms. The number of rotatable bonds is 10. The second kappa shape index (κ2) is 14.1. The van der Waals surface area contributed by atoms with Gasteiger partial charge in [0, 0.05) is 45.8 Å². The Morgan fingerprint density at radius 3 is 2.37 bits per heavy atom. The molecule has 0 spiro atoms. The van der Waals surface area contributed by atoms with E-state index in [1.807, 2.05) is 13.0 Å². The molecule has 0 fully saturated rings. The van der Waals surface area contributed by atoms with E-state index in [2.05, 4.69) is 52.9 Å². The van der Waals surface area contributed by atoms with Crippen molar-refractivity contribution in [2.45, 2.75) is 33.4 Å². The van der Waals surface area contributed by atoms with Gasteiger partial charge in [-0.2, -0.15) is 0 Å². The highest BCUT2D eigenvalue weighted by Gasteiger charge is 2.07. The average molecular weight is 527 g/mol. The molecule has 166 valence electrons. The van der Waals surface area contributed by atoms with Crippen LogP contribution in [0.5, 0.6) is 11.5 Å². The highest BCUT2D eigenvalue weighted by atomic mass is 127. The van der Waals surface area contributed by atoms with E-state index in [1.165, 1.54) is 11.1 Å². The minimum Gasteiger partial charge on any atom is -0.496 e. The van der Waals surface area contributed by atoms with Gasteiger partial charge in [-0.05, 0) is 42.7 Å². The fourth-order valence-corrected chi connectivity index (χ4v) is 2.96. The molecule has 0 saturated carbocycles. The van der Waals surface area contributed by atoms with Crippen molar-refractivity contribution >= 4 is 29.9 Å². The molecule has 0 heterocycles. The van der Waals surface area contributed by atoms with Crippen molar-refractivity contribution in [3.63, 3.8) is 0 Å². The van der Waals surface area contributed by atoms with Crippen molar-refractivity contribution in [2.75, 3.05) is 34.5 Å². The lowest BCUT2D eigenvalue weighted by atomic mass is 10.1. The van der Waals surface area contributed by atoms with Gasteiger partial charge in [-0.25, -0.2) is 0 Å². The maximum atomic E-state index is 5.96. The van der Waals surface area contributed by atoms with Crippen molar-refractivity contribution in [3.05, 3.63) is 58.7 Å². The highest BCUT2D eigenvalue weighted by Crippen LogP contribution is 2.21. The summed E-state index contributed by atoms with van der Waals surface area (Å²) in [7, 11) is 5.16. The summed E-state index contributed by atoms with van der Waals surface area (Å²) in [5, 5.41) is 6.72. The summed E-state index contributed by atoms with van der Waals surface area (Å²) in [6.45, 7) is 6.74. The summed E-state index contributed by atoms with van der Waals surface area (Å²) in [6, 6.07) is 12.4. The molecule has 0 aromatic heterocycles. The Kier molecular flexibility index (Phi) is 12.2. The van der Waals surface area contributed by atoms with Crippen LogP contribution < -0.4 is 20.1 Å². The fraction of sp³-hybridized carbons (Fsp3) is 0.435. The topological polar surface area (TPSA) is 64.1 Å². The fourth-order valence-electron chi connectivity index (χ4n) is 2.96. The van der Waals surface area contributed by atoms with Crippen LogP contribution in [0, 0.1) is 13.8 Å². The van der Waals surface area contributed by atoms with Gasteiger partial charge in [0.25, 0.3) is 0 Å². The van der Waals surface area contributed by atoms with E-state index in [0.717, 1.165) is 35.0 Å². The predicted octanol–water partition coefficient (Wildman–Crippen LogP) is 4.21. The maximum Gasteiger partial charge on any atom is 0.191 e. The number of methoxy groups -OCH3 is 2. The van der Waals surface area contributed by atoms with Crippen LogP contribution in [-0.2, 0) is 17.8 Å². The van der Waals surface area contributed by atoms with Gasteiger partial charge in [-0.3, -0.25) is 4.99 Å². The Hall–Kier alpha value is -2.00. The molecule has 0 atom stereocenters. The second-order valence-corrected chi connectivity index (χ2v) is 6.89. The van der Waals surface area contributed by atoms with Crippen LogP contribution in [0.15, 0.2) is 41.4 Å². The van der Waals surface area contributed by atoms with E-state index in [1.54, 1.807) is 21.3 Å². The smallest absolute Gasteiger partial charge is 0.191 e. The Labute approximate surface area is 197 Å². The normalized spacial score (nSPS) is 10.9. The van der Waals surface area contributed by atoms with Crippen LogP contribution in [0.2, 0.25) is 0 Å². The summed E-state index contributed by atoms with van der Waals surface area (Å²) < 4.78 is 16.4. The first-order valence-electron chi connectivity index (χ1n) is 9.86. The second-order valence-electron chi connectivity index (χ2n) is 6.89. The van der Waals surface area contributed by atoms with Crippen molar-refractivity contribution < 1.29 is 14.2 Å². The lowest BCUT2D eigenvalue weighted by Gasteiger charge is -2.16. The summed E-state index contributed by atoms with van der Waals surface area (Å²) >= 11 is 0. The predicted molar refractivity (Wildman–Crippen MR) is 133 cm³/mol. The molecule has 0 aliphatic heterocycles. The molecule has 7 heteroatoms. The van der Waals surface area contributed by atoms with E-state index >= 15 is 0 Å². The van der Waals surface area contributed by atoms with Crippen molar-refractivity contribution in [3.8, 4) is 11.5 Å². The summed E-state index contributed by atoms with van der Waals surface area (Å²) in [6.07, 6.45) is 0.863. The van der Waals surface area contributed by atoms with Gasteiger partial charge < -0.3 is 24.8 Å². The van der Waals surface area contributed by atoms with Gasteiger partial charge in [-0.15, -0.1) is 24.0 Å². The number of nitrogens with one attached hydrogen (secondary N) is 2. The first-order chi connectivity index (χ1) is 14.1. The Bertz CT molecular complexity index is 812. The number of benzene rings is 2. The van der Waals surface area contributed by atoms with Crippen LogP contribution in [0.1, 0.15) is 28.7 Å². The maximum absolute atomic E-state index is 5.96. The number of hydrogen-bond acceptors (Lipinski definition) is 4. The van der Waals surface area contributed by atoms with Crippen LogP contribution in [0.4, 0.5) is 0 Å². The van der Waals surface area contributed by atoms with E-state index in [9.17, 15) is 0 Å². The standard InChI is InChI=1S/C23H33N3O3.HI/c1-17-7-9-20(22(13-17)29-12-6-11-27-4)16-26-23(24-3)25-15-19-8-10-21(28-5)18(2)14-19;/h7-10,13-14H,6,11-12,15-16H2,1-5H3,(H2,24,25,26);1H. The molecular formula is C23H34IN3O3. The summed E-state index contributed by atoms with van der Waals surface area (Å²) in [5.41, 5.74) is 4.55. The molecule has 0 saturated heterocycles. The molecule has 6 nitrogen and oxygen atoms in total. The number of nitrogens with zero attached hydrogens (tertiary/aromatic N) is 1. The molecule has 2 aromatic rings. The van der Waals surface area contributed by atoms with E-state index in [0.29, 0.717) is 26.3 Å². The molecule has 0 unspecified atom stereocenters. The van der Waals surface area contributed by atoms with Crippen LogP contribution in [0.25, 0.3) is 0 Å².